The molecule has 0 atom stereocenters. The van der Waals surface area contributed by atoms with E-state index in [2.05, 4.69) is 5.92 Å². The molecule has 0 aromatic heterocycles. The number of rotatable bonds is 3. The van der Waals surface area contributed by atoms with E-state index in [0.717, 1.165) is 11.3 Å². The monoisotopic (exact) mass is 176 g/mol. The summed E-state index contributed by atoms with van der Waals surface area (Å²) in [7, 11) is 1.60. The second-order valence-corrected chi connectivity index (χ2v) is 2.44. The summed E-state index contributed by atoms with van der Waals surface area (Å²) in [4.78, 5) is 0. The van der Waals surface area contributed by atoms with Crippen molar-refractivity contribution in [2.24, 2.45) is 0 Å². The normalized spacial score (nSPS) is 9.00. The fourth-order valence-electron chi connectivity index (χ4n) is 1.03. The van der Waals surface area contributed by atoms with Crippen LogP contribution in [0.5, 0.6) is 11.5 Å². The summed E-state index contributed by atoms with van der Waals surface area (Å²) in [6.45, 7) is 2.54. The van der Waals surface area contributed by atoms with Gasteiger partial charge in [-0.05, 0) is 25.1 Å². The van der Waals surface area contributed by atoms with E-state index in [1.165, 1.54) is 0 Å². The highest BCUT2D eigenvalue weighted by Crippen LogP contribution is 2.27. The minimum absolute atomic E-state index is 0.617. The smallest absolute Gasteiger partial charge is 0.161 e. The SMILES string of the molecule is C#Cc1ccc(OCC)c(OC)c1. The summed E-state index contributed by atoms with van der Waals surface area (Å²) in [6, 6.07) is 5.43. The average molecular weight is 176 g/mol. The van der Waals surface area contributed by atoms with Crippen LogP contribution >= 0.6 is 0 Å². The molecule has 0 saturated heterocycles. The molecule has 0 aliphatic rings. The Kier molecular flexibility index (Phi) is 3.22. The van der Waals surface area contributed by atoms with Crippen molar-refractivity contribution in [3.05, 3.63) is 23.8 Å². The zero-order valence-corrected chi connectivity index (χ0v) is 7.83. The van der Waals surface area contributed by atoms with Gasteiger partial charge in [-0.1, -0.05) is 5.92 Å². The molecular formula is C11H12O2. The van der Waals surface area contributed by atoms with Gasteiger partial charge >= 0.3 is 0 Å². The van der Waals surface area contributed by atoms with E-state index in [4.69, 9.17) is 15.9 Å². The third kappa shape index (κ3) is 2.16. The molecule has 0 radical (unpaired) electrons. The molecule has 13 heavy (non-hydrogen) atoms. The zero-order chi connectivity index (χ0) is 9.68. The van der Waals surface area contributed by atoms with Crippen LogP contribution < -0.4 is 9.47 Å². The Labute approximate surface area is 78.5 Å². The van der Waals surface area contributed by atoms with Crippen LogP contribution in [0.15, 0.2) is 18.2 Å². The van der Waals surface area contributed by atoms with Crippen molar-refractivity contribution in [3.8, 4) is 23.8 Å². The lowest BCUT2D eigenvalue weighted by Crippen LogP contribution is -1.95. The first-order valence-corrected chi connectivity index (χ1v) is 4.09. The molecule has 2 heteroatoms. The zero-order valence-electron chi connectivity index (χ0n) is 7.83. The largest absolute Gasteiger partial charge is 0.493 e. The Morgan fingerprint density at radius 2 is 2.15 bits per heavy atom. The number of terminal acetylenes is 1. The highest BCUT2D eigenvalue weighted by Gasteiger charge is 2.03. The standard InChI is InChI=1S/C11H12O2/c1-4-9-6-7-10(13-5-2)11(8-9)12-3/h1,6-8H,5H2,2-3H3. The van der Waals surface area contributed by atoms with Gasteiger partial charge in [0.15, 0.2) is 11.5 Å². The highest BCUT2D eigenvalue weighted by atomic mass is 16.5. The molecule has 0 aliphatic carbocycles. The van der Waals surface area contributed by atoms with Gasteiger partial charge in [0, 0.05) is 5.56 Å². The molecule has 0 fully saturated rings. The minimum atomic E-state index is 0.617. The van der Waals surface area contributed by atoms with Gasteiger partial charge in [0.05, 0.1) is 13.7 Å². The van der Waals surface area contributed by atoms with Crippen LogP contribution in [0, 0.1) is 12.3 Å². The van der Waals surface area contributed by atoms with Gasteiger partial charge in [-0.15, -0.1) is 6.42 Å². The summed E-state index contributed by atoms with van der Waals surface area (Å²) in [5, 5.41) is 0. The quantitative estimate of drug-likeness (QED) is 0.656. The van der Waals surface area contributed by atoms with Crippen LogP contribution in [-0.4, -0.2) is 13.7 Å². The summed E-state index contributed by atoms with van der Waals surface area (Å²) >= 11 is 0. The van der Waals surface area contributed by atoms with Gasteiger partial charge in [0.1, 0.15) is 0 Å². The molecule has 0 N–H and O–H groups in total. The van der Waals surface area contributed by atoms with Crippen molar-refractivity contribution in [1.82, 2.24) is 0 Å². The molecule has 1 aromatic rings. The van der Waals surface area contributed by atoms with Crippen LogP contribution in [0.4, 0.5) is 0 Å². The van der Waals surface area contributed by atoms with Gasteiger partial charge in [0.25, 0.3) is 0 Å². The molecule has 68 valence electrons. The maximum absolute atomic E-state index is 5.33. The summed E-state index contributed by atoms with van der Waals surface area (Å²) in [5.74, 6) is 3.94. The minimum Gasteiger partial charge on any atom is -0.493 e. The number of hydrogen-bond acceptors (Lipinski definition) is 2. The fourth-order valence-corrected chi connectivity index (χ4v) is 1.03. The number of methoxy groups -OCH3 is 1. The van der Waals surface area contributed by atoms with Gasteiger partial charge in [0.2, 0.25) is 0 Å². The number of hydrogen-bond donors (Lipinski definition) is 0. The van der Waals surface area contributed by atoms with E-state index >= 15 is 0 Å². The predicted octanol–water partition coefficient (Wildman–Crippen LogP) is 2.08. The Morgan fingerprint density at radius 3 is 2.69 bits per heavy atom. The lowest BCUT2D eigenvalue weighted by Gasteiger charge is -2.08. The van der Waals surface area contributed by atoms with E-state index in [1.54, 1.807) is 13.2 Å². The van der Waals surface area contributed by atoms with Crippen LogP contribution in [0.3, 0.4) is 0 Å². The Bertz CT molecular complexity index is 323. The van der Waals surface area contributed by atoms with E-state index in [-0.39, 0.29) is 0 Å². The second-order valence-electron chi connectivity index (χ2n) is 2.44. The third-order valence-corrected chi connectivity index (χ3v) is 1.63. The molecule has 0 amide bonds. The first-order valence-electron chi connectivity index (χ1n) is 4.09. The molecule has 0 bridgehead atoms. The molecule has 0 saturated carbocycles. The Balaban J connectivity index is 3.02. The number of ether oxygens (including phenoxy) is 2. The third-order valence-electron chi connectivity index (χ3n) is 1.63. The van der Waals surface area contributed by atoms with Crippen molar-refractivity contribution in [3.63, 3.8) is 0 Å². The van der Waals surface area contributed by atoms with E-state index < -0.39 is 0 Å². The van der Waals surface area contributed by atoms with Gasteiger partial charge in [-0.3, -0.25) is 0 Å². The Morgan fingerprint density at radius 1 is 1.38 bits per heavy atom. The lowest BCUT2D eigenvalue weighted by molar-refractivity contribution is 0.311. The molecule has 0 heterocycles. The van der Waals surface area contributed by atoms with E-state index in [9.17, 15) is 0 Å². The molecule has 1 aromatic carbocycles. The van der Waals surface area contributed by atoms with Gasteiger partial charge in [-0.25, -0.2) is 0 Å². The van der Waals surface area contributed by atoms with Gasteiger partial charge < -0.3 is 9.47 Å². The van der Waals surface area contributed by atoms with Crippen LogP contribution in [0.25, 0.3) is 0 Å². The van der Waals surface area contributed by atoms with Gasteiger partial charge in [-0.2, -0.15) is 0 Å². The molecule has 0 spiro atoms. The number of benzene rings is 1. The summed E-state index contributed by atoms with van der Waals surface area (Å²) < 4.78 is 10.5. The first kappa shape index (κ1) is 9.47. The predicted molar refractivity (Wildman–Crippen MR) is 52.1 cm³/mol. The molecule has 0 aliphatic heterocycles. The van der Waals surface area contributed by atoms with Crippen LogP contribution in [0.1, 0.15) is 12.5 Å². The fraction of sp³-hybridized carbons (Fsp3) is 0.273. The highest BCUT2D eigenvalue weighted by molar-refractivity contribution is 5.47. The molecule has 2 nitrogen and oxygen atoms in total. The van der Waals surface area contributed by atoms with E-state index in [1.807, 2.05) is 19.1 Å². The second kappa shape index (κ2) is 4.42. The van der Waals surface area contributed by atoms with Crippen molar-refractivity contribution < 1.29 is 9.47 Å². The van der Waals surface area contributed by atoms with Crippen molar-refractivity contribution in [2.45, 2.75) is 6.92 Å². The molecular weight excluding hydrogens is 164 g/mol. The molecule has 0 unspecified atom stereocenters. The maximum atomic E-state index is 5.33. The lowest BCUT2D eigenvalue weighted by atomic mass is 10.2. The summed E-state index contributed by atoms with van der Waals surface area (Å²) in [6.07, 6.45) is 5.25. The maximum Gasteiger partial charge on any atom is 0.161 e. The van der Waals surface area contributed by atoms with Crippen LogP contribution in [0.2, 0.25) is 0 Å². The van der Waals surface area contributed by atoms with Crippen LogP contribution in [-0.2, 0) is 0 Å². The van der Waals surface area contributed by atoms with Crippen molar-refractivity contribution >= 4 is 0 Å². The molecule has 1 rings (SSSR count). The van der Waals surface area contributed by atoms with Crippen molar-refractivity contribution in [1.29, 1.82) is 0 Å². The van der Waals surface area contributed by atoms with Crippen molar-refractivity contribution in [2.75, 3.05) is 13.7 Å². The van der Waals surface area contributed by atoms with E-state index in [0.29, 0.717) is 12.4 Å². The first-order chi connectivity index (χ1) is 6.31. The Hall–Kier alpha value is -1.62. The topological polar surface area (TPSA) is 18.5 Å². The average Bonchev–Trinajstić information content (AvgIpc) is 2.19. The summed E-state index contributed by atoms with van der Waals surface area (Å²) in [5.41, 5.74) is 0.792.